The summed E-state index contributed by atoms with van der Waals surface area (Å²) in [7, 11) is 3.12. The smallest absolute Gasteiger partial charge is 0.329 e. The van der Waals surface area contributed by atoms with Crippen LogP contribution in [-0.2, 0) is 14.3 Å². The molecule has 110 valence electrons. The van der Waals surface area contributed by atoms with Gasteiger partial charge in [-0.25, -0.2) is 9.59 Å². The second-order valence-corrected chi connectivity index (χ2v) is 4.07. The van der Waals surface area contributed by atoms with Gasteiger partial charge in [0, 0.05) is 27.2 Å². The van der Waals surface area contributed by atoms with Crippen LogP contribution in [0, 0.1) is 5.92 Å². The van der Waals surface area contributed by atoms with Crippen LogP contribution in [0.3, 0.4) is 0 Å². The van der Waals surface area contributed by atoms with Gasteiger partial charge in [-0.15, -0.1) is 0 Å². The zero-order valence-corrected chi connectivity index (χ0v) is 11.4. The number of aliphatic carboxylic acids is 1. The molecule has 3 N–H and O–H groups in total. The van der Waals surface area contributed by atoms with Crippen LogP contribution >= 0.6 is 0 Å². The number of hydrogen-bond acceptors (Lipinski definition) is 4. The molecule has 19 heavy (non-hydrogen) atoms. The Morgan fingerprint density at radius 3 is 2.53 bits per heavy atom. The van der Waals surface area contributed by atoms with E-state index >= 15 is 0 Å². The topological polar surface area (TPSA) is 108 Å². The monoisotopic (exact) mass is 275 g/mol. The van der Waals surface area contributed by atoms with Crippen molar-refractivity contribution in [1.82, 2.24) is 15.5 Å². The summed E-state index contributed by atoms with van der Waals surface area (Å²) in [5, 5.41) is 13.4. The van der Waals surface area contributed by atoms with Gasteiger partial charge < -0.3 is 25.4 Å². The Morgan fingerprint density at radius 2 is 2.00 bits per heavy atom. The standard InChI is InChI=1S/C11H21N3O5/c1-8(10(17)12-2)6-14(3)11(18)13-4-5-19-7-9(15)16/h8H,4-7H2,1-3H3,(H,12,17)(H,13,18)(H,15,16). The molecule has 0 fully saturated rings. The van der Waals surface area contributed by atoms with E-state index in [0.29, 0.717) is 6.54 Å². The number of ether oxygens (including phenoxy) is 1. The molecular formula is C11H21N3O5. The van der Waals surface area contributed by atoms with Crippen molar-refractivity contribution < 1.29 is 24.2 Å². The predicted molar refractivity (Wildman–Crippen MR) is 67.7 cm³/mol. The van der Waals surface area contributed by atoms with Crippen LogP contribution in [-0.4, -0.2) is 68.3 Å². The van der Waals surface area contributed by atoms with Gasteiger partial charge in [-0.1, -0.05) is 6.92 Å². The Bertz CT molecular complexity index is 321. The predicted octanol–water partition coefficient (Wildman–Crippen LogP) is -0.889. The minimum Gasteiger partial charge on any atom is -0.480 e. The molecule has 0 saturated heterocycles. The van der Waals surface area contributed by atoms with Gasteiger partial charge >= 0.3 is 12.0 Å². The SMILES string of the molecule is CNC(=O)C(C)CN(C)C(=O)NCCOCC(=O)O. The van der Waals surface area contributed by atoms with Crippen LogP contribution in [0.15, 0.2) is 0 Å². The van der Waals surface area contributed by atoms with Crippen LogP contribution in [0.25, 0.3) is 0 Å². The van der Waals surface area contributed by atoms with Gasteiger partial charge in [0.1, 0.15) is 6.61 Å². The first-order valence-electron chi connectivity index (χ1n) is 5.88. The second kappa shape index (κ2) is 9.15. The maximum Gasteiger partial charge on any atom is 0.329 e. The summed E-state index contributed by atoms with van der Waals surface area (Å²) in [6, 6.07) is -0.338. The normalized spacial score (nSPS) is 11.5. The van der Waals surface area contributed by atoms with Crippen molar-refractivity contribution in [3.8, 4) is 0 Å². The molecule has 0 saturated carbocycles. The van der Waals surface area contributed by atoms with E-state index in [1.54, 1.807) is 21.0 Å². The number of amides is 3. The third kappa shape index (κ3) is 7.98. The van der Waals surface area contributed by atoms with Crippen molar-refractivity contribution in [3.05, 3.63) is 0 Å². The first-order valence-corrected chi connectivity index (χ1v) is 5.88. The van der Waals surface area contributed by atoms with E-state index in [1.165, 1.54) is 4.90 Å². The largest absolute Gasteiger partial charge is 0.480 e. The third-order valence-electron chi connectivity index (χ3n) is 2.34. The molecule has 0 spiro atoms. The molecule has 3 amide bonds. The van der Waals surface area contributed by atoms with Crippen LogP contribution in [0.5, 0.6) is 0 Å². The number of carboxylic acids is 1. The number of carbonyl (C=O) groups excluding carboxylic acids is 2. The summed E-state index contributed by atoms with van der Waals surface area (Å²) in [6.45, 7) is 1.96. The number of hydrogen-bond donors (Lipinski definition) is 3. The highest BCUT2D eigenvalue weighted by Crippen LogP contribution is 1.98. The minimum atomic E-state index is -1.05. The molecule has 1 unspecified atom stereocenters. The summed E-state index contributed by atoms with van der Waals surface area (Å²) in [5.74, 6) is -1.49. The fourth-order valence-electron chi connectivity index (χ4n) is 1.35. The molecule has 0 heterocycles. The van der Waals surface area contributed by atoms with Gasteiger partial charge in [0.2, 0.25) is 5.91 Å². The molecule has 0 aromatic rings. The Labute approximate surface area is 112 Å². The van der Waals surface area contributed by atoms with E-state index in [2.05, 4.69) is 10.6 Å². The number of urea groups is 1. The van der Waals surface area contributed by atoms with Crippen molar-refractivity contribution in [2.45, 2.75) is 6.92 Å². The molecule has 8 heteroatoms. The van der Waals surface area contributed by atoms with Gasteiger partial charge in [0.25, 0.3) is 0 Å². The molecule has 0 aromatic carbocycles. The summed E-state index contributed by atoms with van der Waals surface area (Å²) in [6.07, 6.45) is 0. The Balaban J connectivity index is 3.82. The van der Waals surface area contributed by atoms with E-state index in [-0.39, 0.29) is 37.6 Å². The zero-order valence-electron chi connectivity index (χ0n) is 11.4. The summed E-state index contributed by atoms with van der Waals surface area (Å²) in [4.78, 5) is 34.4. The van der Waals surface area contributed by atoms with Crippen molar-refractivity contribution >= 4 is 17.9 Å². The van der Waals surface area contributed by atoms with Gasteiger partial charge in [0.15, 0.2) is 0 Å². The van der Waals surface area contributed by atoms with Crippen LogP contribution in [0.2, 0.25) is 0 Å². The van der Waals surface area contributed by atoms with Crippen LogP contribution in [0.4, 0.5) is 4.79 Å². The summed E-state index contributed by atoms with van der Waals surface area (Å²) >= 11 is 0. The lowest BCUT2D eigenvalue weighted by Gasteiger charge is -2.21. The van der Waals surface area contributed by atoms with Gasteiger partial charge in [0.05, 0.1) is 12.5 Å². The van der Waals surface area contributed by atoms with Crippen molar-refractivity contribution in [2.24, 2.45) is 5.92 Å². The highest BCUT2D eigenvalue weighted by molar-refractivity contribution is 5.79. The lowest BCUT2D eigenvalue weighted by atomic mass is 10.1. The molecular weight excluding hydrogens is 254 g/mol. The average molecular weight is 275 g/mol. The van der Waals surface area contributed by atoms with Crippen molar-refractivity contribution in [1.29, 1.82) is 0 Å². The molecule has 0 radical (unpaired) electrons. The quantitative estimate of drug-likeness (QED) is 0.498. The molecule has 0 aliphatic rings. The maximum atomic E-state index is 11.6. The zero-order chi connectivity index (χ0) is 14.8. The number of rotatable bonds is 8. The molecule has 1 atom stereocenters. The fraction of sp³-hybridized carbons (Fsp3) is 0.727. The van der Waals surface area contributed by atoms with Crippen LogP contribution in [0.1, 0.15) is 6.92 Å². The van der Waals surface area contributed by atoms with E-state index in [4.69, 9.17) is 9.84 Å². The average Bonchev–Trinajstić information content (AvgIpc) is 2.36. The number of carboxylic acid groups (broad SMARTS) is 1. The number of nitrogens with one attached hydrogen (secondary N) is 2. The molecule has 0 aliphatic carbocycles. The van der Waals surface area contributed by atoms with E-state index < -0.39 is 5.97 Å². The summed E-state index contributed by atoms with van der Waals surface area (Å²) in [5.41, 5.74) is 0. The maximum absolute atomic E-state index is 11.6. The minimum absolute atomic E-state index is 0.122. The molecule has 8 nitrogen and oxygen atoms in total. The highest BCUT2D eigenvalue weighted by Gasteiger charge is 2.16. The number of nitrogens with zero attached hydrogens (tertiary/aromatic N) is 1. The van der Waals surface area contributed by atoms with E-state index in [0.717, 1.165) is 0 Å². The first-order chi connectivity index (χ1) is 8.88. The number of carbonyl (C=O) groups is 3. The molecule has 0 rings (SSSR count). The van der Waals surface area contributed by atoms with Crippen molar-refractivity contribution in [3.63, 3.8) is 0 Å². The molecule has 0 aromatic heterocycles. The van der Waals surface area contributed by atoms with E-state index in [9.17, 15) is 14.4 Å². The van der Waals surface area contributed by atoms with Gasteiger partial charge in [-0.2, -0.15) is 0 Å². The first kappa shape index (κ1) is 17.2. The fourth-order valence-corrected chi connectivity index (χ4v) is 1.35. The van der Waals surface area contributed by atoms with Crippen molar-refractivity contribution in [2.75, 3.05) is 40.4 Å². The lowest BCUT2D eigenvalue weighted by Crippen LogP contribution is -2.43. The third-order valence-corrected chi connectivity index (χ3v) is 2.34. The van der Waals surface area contributed by atoms with Gasteiger partial charge in [-0.05, 0) is 0 Å². The Hall–Kier alpha value is -1.83. The Kier molecular flexibility index (Phi) is 8.27. The van der Waals surface area contributed by atoms with E-state index in [1.807, 2.05) is 0 Å². The lowest BCUT2D eigenvalue weighted by molar-refractivity contribution is -0.142. The van der Waals surface area contributed by atoms with Gasteiger partial charge in [-0.3, -0.25) is 4.79 Å². The second-order valence-electron chi connectivity index (χ2n) is 4.07. The Morgan fingerprint density at radius 1 is 1.37 bits per heavy atom. The highest BCUT2D eigenvalue weighted by atomic mass is 16.5. The molecule has 0 bridgehead atoms. The van der Waals surface area contributed by atoms with Crippen LogP contribution < -0.4 is 10.6 Å². The molecule has 0 aliphatic heterocycles. The summed E-state index contributed by atoms with van der Waals surface area (Å²) < 4.78 is 4.77.